The van der Waals surface area contributed by atoms with E-state index < -0.39 is 0 Å². The second-order valence-corrected chi connectivity index (χ2v) is 6.32. The highest BCUT2D eigenvalue weighted by molar-refractivity contribution is 9.10. The van der Waals surface area contributed by atoms with Gasteiger partial charge < -0.3 is 11.1 Å². The molecule has 100 valence electrons. The van der Waals surface area contributed by atoms with E-state index in [-0.39, 0.29) is 0 Å². The van der Waals surface area contributed by atoms with E-state index in [2.05, 4.69) is 34.2 Å². The summed E-state index contributed by atoms with van der Waals surface area (Å²) in [4.78, 5) is 0. The fraction of sp³-hybridized carbons (Fsp3) is 0.600. The van der Waals surface area contributed by atoms with Crippen LogP contribution in [0.25, 0.3) is 0 Å². The van der Waals surface area contributed by atoms with Gasteiger partial charge in [0.2, 0.25) is 0 Å². The predicted molar refractivity (Wildman–Crippen MR) is 82.8 cm³/mol. The zero-order valence-corrected chi connectivity index (χ0v) is 12.7. The zero-order chi connectivity index (χ0) is 13.0. The Bertz CT molecular complexity index is 384. The van der Waals surface area contributed by atoms with Crippen molar-refractivity contribution in [2.24, 2.45) is 11.8 Å². The first-order valence-electron chi connectivity index (χ1n) is 6.98. The molecule has 0 heterocycles. The largest absolute Gasteiger partial charge is 0.397 e. The van der Waals surface area contributed by atoms with Crippen LogP contribution < -0.4 is 11.1 Å². The van der Waals surface area contributed by atoms with Crippen molar-refractivity contribution in [3.8, 4) is 0 Å². The van der Waals surface area contributed by atoms with E-state index >= 15 is 0 Å². The minimum Gasteiger partial charge on any atom is -0.397 e. The molecule has 0 aliphatic heterocycles. The number of rotatable bonds is 4. The molecule has 1 aliphatic carbocycles. The lowest BCUT2D eigenvalue weighted by Crippen LogP contribution is -2.21. The molecule has 0 spiro atoms. The molecule has 1 aliphatic rings. The number of nitrogens with one attached hydrogen (secondary N) is 1. The molecule has 0 amide bonds. The minimum absolute atomic E-state index is 0.811. The number of hydrogen-bond donors (Lipinski definition) is 2. The number of benzene rings is 1. The molecule has 0 aromatic heterocycles. The van der Waals surface area contributed by atoms with Crippen LogP contribution in [0.3, 0.4) is 0 Å². The van der Waals surface area contributed by atoms with Crippen molar-refractivity contribution in [3.63, 3.8) is 0 Å². The molecule has 2 nitrogen and oxygen atoms in total. The van der Waals surface area contributed by atoms with Crippen LogP contribution in [0.15, 0.2) is 22.7 Å². The van der Waals surface area contributed by atoms with E-state index in [1.54, 1.807) is 0 Å². The Morgan fingerprint density at radius 2 is 1.89 bits per heavy atom. The molecule has 0 saturated heterocycles. The van der Waals surface area contributed by atoms with E-state index in [9.17, 15) is 0 Å². The van der Waals surface area contributed by atoms with E-state index in [1.165, 1.54) is 32.1 Å². The van der Waals surface area contributed by atoms with Gasteiger partial charge in [-0.2, -0.15) is 0 Å². The first kappa shape index (κ1) is 13.7. The van der Waals surface area contributed by atoms with Crippen LogP contribution in [0.5, 0.6) is 0 Å². The molecule has 1 fully saturated rings. The third kappa shape index (κ3) is 3.64. The van der Waals surface area contributed by atoms with E-state index in [0.29, 0.717) is 0 Å². The highest BCUT2D eigenvalue weighted by Crippen LogP contribution is 2.31. The maximum Gasteiger partial charge on any atom is 0.0585 e. The van der Waals surface area contributed by atoms with Gasteiger partial charge in [0.25, 0.3) is 0 Å². The van der Waals surface area contributed by atoms with Crippen molar-refractivity contribution < 1.29 is 0 Å². The number of hydrogen-bond acceptors (Lipinski definition) is 2. The number of nitrogen functional groups attached to an aromatic ring is 1. The summed E-state index contributed by atoms with van der Waals surface area (Å²) in [5, 5.41) is 3.50. The number of nitrogens with two attached hydrogens (primary N) is 1. The van der Waals surface area contributed by atoms with Gasteiger partial charge in [-0.05, 0) is 42.9 Å². The second kappa shape index (κ2) is 6.46. The molecule has 0 bridgehead atoms. The van der Waals surface area contributed by atoms with E-state index in [4.69, 9.17) is 5.73 Å². The van der Waals surface area contributed by atoms with Gasteiger partial charge in [-0.3, -0.25) is 0 Å². The third-order valence-corrected chi connectivity index (χ3v) is 4.63. The van der Waals surface area contributed by atoms with Crippen LogP contribution in [-0.4, -0.2) is 6.54 Å². The summed E-state index contributed by atoms with van der Waals surface area (Å²) >= 11 is 3.48. The summed E-state index contributed by atoms with van der Waals surface area (Å²) < 4.78 is 1.08. The first-order chi connectivity index (χ1) is 8.69. The minimum atomic E-state index is 0.811. The van der Waals surface area contributed by atoms with Crippen molar-refractivity contribution in [2.75, 3.05) is 17.6 Å². The molecule has 3 heteroatoms. The van der Waals surface area contributed by atoms with Crippen molar-refractivity contribution in [3.05, 3.63) is 22.7 Å². The number of halogens is 1. The van der Waals surface area contributed by atoms with Crippen LogP contribution >= 0.6 is 15.9 Å². The SMILES string of the molecule is CCC1CCC(CNc2cc(Br)ccc2N)CC1. The predicted octanol–water partition coefficient (Wildman–Crippen LogP) is 4.66. The lowest BCUT2D eigenvalue weighted by molar-refractivity contribution is 0.278. The fourth-order valence-corrected chi connectivity index (χ4v) is 3.14. The van der Waals surface area contributed by atoms with Crippen LogP contribution in [-0.2, 0) is 0 Å². The molecule has 0 radical (unpaired) electrons. The first-order valence-corrected chi connectivity index (χ1v) is 7.77. The van der Waals surface area contributed by atoms with Gasteiger partial charge >= 0.3 is 0 Å². The van der Waals surface area contributed by atoms with Crippen molar-refractivity contribution in [1.82, 2.24) is 0 Å². The summed E-state index contributed by atoms with van der Waals surface area (Å²) in [6, 6.07) is 5.99. The Morgan fingerprint density at radius 1 is 1.22 bits per heavy atom. The average molecular weight is 311 g/mol. The Hall–Kier alpha value is -0.700. The molecule has 0 atom stereocenters. The van der Waals surface area contributed by atoms with Gasteiger partial charge in [-0.1, -0.05) is 42.1 Å². The van der Waals surface area contributed by atoms with E-state index in [1.807, 2.05) is 12.1 Å². The lowest BCUT2D eigenvalue weighted by Gasteiger charge is -2.28. The monoisotopic (exact) mass is 310 g/mol. The quantitative estimate of drug-likeness (QED) is 0.794. The summed E-state index contributed by atoms with van der Waals surface area (Å²) in [6.45, 7) is 3.36. The van der Waals surface area contributed by atoms with Crippen molar-refractivity contribution >= 4 is 27.3 Å². The van der Waals surface area contributed by atoms with Gasteiger partial charge in [0.05, 0.1) is 11.4 Å². The van der Waals surface area contributed by atoms with E-state index in [0.717, 1.165) is 34.2 Å². The van der Waals surface area contributed by atoms with Gasteiger partial charge in [0.1, 0.15) is 0 Å². The Kier molecular flexibility index (Phi) is 4.93. The van der Waals surface area contributed by atoms with Crippen molar-refractivity contribution in [2.45, 2.75) is 39.0 Å². The number of anilines is 2. The summed E-state index contributed by atoms with van der Waals surface area (Å²) in [7, 11) is 0. The molecule has 3 N–H and O–H groups in total. The molecule has 1 aromatic carbocycles. The summed E-state index contributed by atoms with van der Waals surface area (Å²) in [5.41, 5.74) is 7.86. The molecule has 1 saturated carbocycles. The van der Waals surface area contributed by atoms with Gasteiger partial charge in [0.15, 0.2) is 0 Å². The average Bonchev–Trinajstić information content (AvgIpc) is 2.40. The zero-order valence-electron chi connectivity index (χ0n) is 11.1. The Balaban J connectivity index is 1.83. The summed E-state index contributed by atoms with van der Waals surface area (Å²) in [6.07, 6.45) is 6.87. The van der Waals surface area contributed by atoms with Crippen LogP contribution in [0, 0.1) is 11.8 Å². The topological polar surface area (TPSA) is 38.0 Å². The highest BCUT2D eigenvalue weighted by Gasteiger charge is 2.19. The molecular weight excluding hydrogens is 288 g/mol. The van der Waals surface area contributed by atoms with Crippen LogP contribution in [0.2, 0.25) is 0 Å². The Labute approximate surface area is 118 Å². The molecule has 2 rings (SSSR count). The van der Waals surface area contributed by atoms with Crippen molar-refractivity contribution in [1.29, 1.82) is 0 Å². The molecular formula is C15H23BrN2. The summed E-state index contributed by atoms with van der Waals surface area (Å²) in [5.74, 6) is 1.78. The highest BCUT2D eigenvalue weighted by atomic mass is 79.9. The Morgan fingerprint density at radius 3 is 2.56 bits per heavy atom. The van der Waals surface area contributed by atoms with Crippen LogP contribution in [0.1, 0.15) is 39.0 Å². The maximum absolute atomic E-state index is 5.97. The molecule has 1 aromatic rings. The second-order valence-electron chi connectivity index (χ2n) is 5.41. The standard InChI is InChI=1S/C15H23BrN2/c1-2-11-3-5-12(6-4-11)10-18-15-9-13(16)7-8-14(15)17/h7-9,11-12,18H,2-6,10,17H2,1H3. The fourth-order valence-electron chi connectivity index (χ4n) is 2.78. The maximum atomic E-state index is 5.97. The third-order valence-electron chi connectivity index (χ3n) is 4.14. The smallest absolute Gasteiger partial charge is 0.0585 e. The van der Waals surface area contributed by atoms with Gasteiger partial charge in [-0.15, -0.1) is 0 Å². The molecule has 18 heavy (non-hydrogen) atoms. The van der Waals surface area contributed by atoms with Gasteiger partial charge in [-0.25, -0.2) is 0 Å². The lowest BCUT2D eigenvalue weighted by atomic mass is 9.81. The van der Waals surface area contributed by atoms with Gasteiger partial charge in [0, 0.05) is 11.0 Å². The molecule has 0 unspecified atom stereocenters. The normalized spacial score (nSPS) is 23.9. The van der Waals surface area contributed by atoms with Crippen LogP contribution in [0.4, 0.5) is 11.4 Å².